The Bertz CT molecular complexity index is 511. The molecule has 1 saturated heterocycles. The molecule has 7 heteroatoms. The third-order valence-corrected chi connectivity index (χ3v) is 4.54. The topological polar surface area (TPSA) is 65.7 Å². The Morgan fingerprint density at radius 2 is 2.00 bits per heavy atom. The second-order valence-electron chi connectivity index (χ2n) is 6.75. The molecule has 1 aromatic heterocycles. The molecule has 0 aliphatic carbocycles. The van der Waals surface area contributed by atoms with Gasteiger partial charge in [-0.2, -0.15) is 0 Å². The van der Waals surface area contributed by atoms with Gasteiger partial charge in [0.05, 0.1) is 5.69 Å². The monoisotopic (exact) mass is 463 g/mol. The van der Waals surface area contributed by atoms with Gasteiger partial charge in [0.25, 0.3) is 0 Å². The molecule has 1 aromatic rings. The van der Waals surface area contributed by atoms with Gasteiger partial charge in [0, 0.05) is 25.2 Å². The first-order valence-corrected chi connectivity index (χ1v) is 9.35. The number of hydrogen-bond donors (Lipinski definition) is 2. The summed E-state index contributed by atoms with van der Waals surface area (Å²) in [5.74, 6) is 2.03. The standard InChI is InChI=1S/C18H33N5O.HI/c1-5-15(23-9-7-8-10-23)12-20-18(19-6-2)21-13-16-11-17(14(3)4)22-24-16;/h11,14-15H,5-10,12-13H2,1-4H3,(H2,19,20,21);1H. The largest absolute Gasteiger partial charge is 0.359 e. The van der Waals surface area contributed by atoms with E-state index in [0.29, 0.717) is 18.5 Å². The molecule has 2 heterocycles. The Morgan fingerprint density at radius 1 is 1.28 bits per heavy atom. The van der Waals surface area contributed by atoms with E-state index in [1.165, 1.54) is 25.9 Å². The molecule has 0 saturated carbocycles. The molecule has 0 radical (unpaired) electrons. The van der Waals surface area contributed by atoms with E-state index in [1.807, 2.05) is 6.07 Å². The highest BCUT2D eigenvalue weighted by Crippen LogP contribution is 2.15. The highest BCUT2D eigenvalue weighted by Gasteiger charge is 2.20. The molecule has 1 atom stereocenters. The molecule has 1 aliphatic heterocycles. The van der Waals surface area contributed by atoms with Gasteiger partial charge in [-0.05, 0) is 45.2 Å². The maximum absolute atomic E-state index is 5.36. The van der Waals surface area contributed by atoms with Crippen LogP contribution in [0, 0.1) is 0 Å². The van der Waals surface area contributed by atoms with Crippen LogP contribution in [0.5, 0.6) is 0 Å². The third kappa shape index (κ3) is 7.13. The van der Waals surface area contributed by atoms with E-state index < -0.39 is 0 Å². The van der Waals surface area contributed by atoms with E-state index in [4.69, 9.17) is 4.52 Å². The zero-order valence-corrected chi connectivity index (χ0v) is 18.4. The van der Waals surface area contributed by atoms with Crippen LogP contribution in [0.2, 0.25) is 0 Å². The summed E-state index contributed by atoms with van der Waals surface area (Å²) in [6.07, 6.45) is 3.81. The number of rotatable bonds is 8. The molecule has 1 unspecified atom stereocenters. The van der Waals surface area contributed by atoms with E-state index in [9.17, 15) is 0 Å². The Balaban J connectivity index is 0.00000312. The molecule has 144 valence electrons. The summed E-state index contributed by atoms with van der Waals surface area (Å²) < 4.78 is 5.36. The van der Waals surface area contributed by atoms with Crippen LogP contribution >= 0.6 is 24.0 Å². The van der Waals surface area contributed by atoms with Crippen LogP contribution in [-0.2, 0) is 6.54 Å². The number of aromatic nitrogens is 1. The lowest BCUT2D eigenvalue weighted by atomic mass is 10.1. The van der Waals surface area contributed by atoms with Gasteiger partial charge in [-0.1, -0.05) is 25.9 Å². The van der Waals surface area contributed by atoms with Crippen LogP contribution in [0.3, 0.4) is 0 Å². The minimum Gasteiger partial charge on any atom is -0.359 e. The summed E-state index contributed by atoms with van der Waals surface area (Å²) in [5.41, 5.74) is 0.984. The highest BCUT2D eigenvalue weighted by molar-refractivity contribution is 14.0. The number of likely N-dealkylation sites (tertiary alicyclic amines) is 1. The lowest BCUT2D eigenvalue weighted by Gasteiger charge is -2.27. The van der Waals surface area contributed by atoms with Crippen molar-refractivity contribution in [1.29, 1.82) is 0 Å². The summed E-state index contributed by atoms with van der Waals surface area (Å²) in [6, 6.07) is 2.57. The highest BCUT2D eigenvalue weighted by atomic mass is 127. The second kappa shape index (κ2) is 11.7. The predicted molar refractivity (Wildman–Crippen MR) is 114 cm³/mol. The molecule has 6 nitrogen and oxygen atoms in total. The molecule has 0 amide bonds. The molecular weight excluding hydrogens is 429 g/mol. The third-order valence-electron chi connectivity index (χ3n) is 4.54. The van der Waals surface area contributed by atoms with Crippen molar-refractivity contribution >= 4 is 29.9 Å². The summed E-state index contributed by atoms with van der Waals surface area (Å²) in [7, 11) is 0. The molecule has 1 fully saturated rings. The van der Waals surface area contributed by atoms with Crippen LogP contribution in [0.4, 0.5) is 0 Å². The fourth-order valence-corrected chi connectivity index (χ4v) is 3.03. The Labute approximate surface area is 169 Å². The average molecular weight is 463 g/mol. The molecule has 2 rings (SSSR count). The lowest BCUT2D eigenvalue weighted by Crippen LogP contribution is -2.46. The normalized spacial score (nSPS) is 16.8. The fraction of sp³-hybridized carbons (Fsp3) is 0.778. The lowest BCUT2D eigenvalue weighted by molar-refractivity contribution is 0.236. The smallest absolute Gasteiger partial charge is 0.191 e. The van der Waals surface area contributed by atoms with Crippen LogP contribution < -0.4 is 10.6 Å². The van der Waals surface area contributed by atoms with Crippen LogP contribution in [-0.4, -0.2) is 48.2 Å². The Kier molecular flexibility index (Phi) is 10.4. The fourth-order valence-electron chi connectivity index (χ4n) is 3.03. The van der Waals surface area contributed by atoms with Crippen molar-refractivity contribution in [3.05, 3.63) is 17.5 Å². The van der Waals surface area contributed by atoms with Gasteiger partial charge in [-0.25, -0.2) is 4.99 Å². The van der Waals surface area contributed by atoms with Crippen molar-refractivity contribution in [3.8, 4) is 0 Å². The summed E-state index contributed by atoms with van der Waals surface area (Å²) in [4.78, 5) is 7.22. The van der Waals surface area contributed by atoms with Crippen molar-refractivity contribution in [1.82, 2.24) is 20.7 Å². The molecular formula is C18H34IN5O. The van der Waals surface area contributed by atoms with Crippen molar-refractivity contribution in [2.75, 3.05) is 26.2 Å². The maximum atomic E-state index is 5.36. The number of aliphatic imine (C=N–C) groups is 1. The zero-order chi connectivity index (χ0) is 17.4. The Hall–Kier alpha value is -0.830. The summed E-state index contributed by atoms with van der Waals surface area (Å²) in [5, 5.41) is 10.9. The quantitative estimate of drug-likeness (QED) is 0.352. The molecule has 25 heavy (non-hydrogen) atoms. The van der Waals surface area contributed by atoms with Crippen molar-refractivity contribution in [3.63, 3.8) is 0 Å². The Morgan fingerprint density at radius 3 is 2.56 bits per heavy atom. The van der Waals surface area contributed by atoms with E-state index >= 15 is 0 Å². The molecule has 0 aromatic carbocycles. The predicted octanol–water partition coefficient (Wildman–Crippen LogP) is 3.35. The van der Waals surface area contributed by atoms with Crippen LogP contribution in [0.15, 0.2) is 15.6 Å². The minimum atomic E-state index is 0. The van der Waals surface area contributed by atoms with Gasteiger partial charge < -0.3 is 15.2 Å². The van der Waals surface area contributed by atoms with E-state index in [2.05, 4.69) is 53.4 Å². The molecule has 0 spiro atoms. The first kappa shape index (κ1) is 22.2. The first-order valence-electron chi connectivity index (χ1n) is 9.35. The van der Waals surface area contributed by atoms with Crippen molar-refractivity contribution in [2.45, 2.75) is 65.5 Å². The van der Waals surface area contributed by atoms with Crippen molar-refractivity contribution in [2.24, 2.45) is 4.99 Å². The number of hydrogen-bond acceptors (Lipinski definition) is 4. The summed E-state index contributed by atoms with van der Waals surface area (Å²) in [6.45, 7) is 13.3. The van der Waals surface area contributed by atoms with Crippen LogP contribution in [0.1, 0.15) is 64.3 Å². The first-order chi connectivity index (χ1) is 11.6. The van der Waals surface area contributed by atoms with E-state index in [0.717, 1.165) is 36.9 Å². The average Bonchev–Trinajstić information content (AvgIpc) is 3.25. The zero-order valence-electron chi connectivity index (χ0n) is 16.0. The van der Waals surface area contributed by atoms with Gasteiger partial charge in [0.1, 0.15) is 6.54 Å². The maximum Gasteiger partial charge on any atom is 0.191 e. The van der Waals surface area contributed by atoms with E-state index in [-0.39, 0.29) is 24.0 Å². The number of nitrogens with zero attached hydrogens (tertiary/aromatic N) is 3. The molecule has 0 bridgehead atoms. The van der Waals surface area contributed by atoms with Gasteiger partial charge >= 0.3 is 0 Å². The molecule has 2 N–H and O–H groups in total. The molecule has 1 aliphatic rings. The van der Waals surface area contributed by atoms with Crippen LogP contribution in [0.25, 0.3) is 0 Å². The van der Waals surface area contributed by atoms with E-state index in [1.54, 1.807) is 0 Å². The van der Waals surface area contributed by atoms with Gasteiger partial charge in [-0.15, -0.1) is 24.0 Å². The number of guanidine groups is 1. The van der Waals surface area contributed by atoms with Gasteiger partial charge in [0.2, 0.25) is 0 Å². The number of halogens is 1. The second-order valence-corrected chi connectivity index (χ2v) is 6.75. The number of nitrogens with one attached hydrogen (secondary N) is 2. The van der Waals surface area contributed by atoms with Gasteiger partial charge in [0.15, 0.2) is 11.7 Å². The SMILES string of the molecule is CCNC(=NCc1cc(C(C)C)no1)NCC(CC)N1CCCC1.I. The van der Waals surface area contributed by atoms with Gasteiger partial charge in [-0.3, -0.25) is 4.90 Å². The minimum absolute atomic E-state index is 0. The van der Waals surface area contributed by atoms with Crippen molar-refractivity contribution < 1.29 is 4.52 Å². The summed E-state index contributed by atoms with van der Waals surface area (Å²) >= 11 is 0.